The predicted molar refractivity (Wildman–Crippen MR) is 110 cm³/mol. The fraction of sp³-hybridized carbons (Fsp3) is 0.667. The maximum absolute atomic E-state index is 6.55. The quantitative estimate of drug-likeness (QED) is 0.802. The Morgan fingerprint density at radius 2 is 1.46 bits per heavy atom. The molecule has 0 aromatic carbocycles. The van der Waals surface area contributed by atoms with Gasteiger partial charge in [-0.05, 0) is 12.8 Å². The zero-order valence-electron chi connectivity index (χ0n) is 15.9. The average molecular weight is 405 g/mol. The molecule has 0 aliphatic carbocycles. The molecule has 3 fully saturated rings. The molecule has 5 heterocycles. The van der Waals surface area contributed by atoms with Crippen LogP contribution >= 0.6 is 11.6 Å². The first-order valence-electron chi connectivity index (χ1n) is 10.1. The second kappa shape index (κ2) is 7.81. The van der Waals surface area contributed by atoms with E-state index in [-0.39, 0.29) is 0 Å². The molecule has 1 N–H and O–H groups in total. The summed E-state index contributed by atoms with van der Waals surface area (Å²) in [5, 5.41) is 3.79. The number of hydrogen-bond donors (Lipinski definition) is 1. The molecule has 3 saturated heterocycles. The Labute approximate surface area is 169 Å². The molecule has 0 amide bonds. The van der Waals surface area contributed by atoms with Crippen LogP contribution in [0.1, 0.15) is 12.8 Å². The zero-order valence-corrected chi connectivity index (χ0v) is 16.7. The zero-order chi connectivity index (χ0) is 18.9. The van der Waals surface area contributed by atoms with E-state index < -0.39 is 0 Å². The van der Waals surface area contributed by atoms with Crippen LogP contribution in [0.3, 0.4) is 0 Å². The van der Waals surface area contributed by atoms with Gasteiger partial charge in [0.15, 0.2) is 28.0 Å². The van der Waals surface area contributed by atoms with Gasteiger partial charge in [-0.3, -0.25) is 0 Å². The predicted octanol–water partition coefficient (Wildman–Crippen LogP) is 0.920. The lowest BCUT2D eigenvalue weighted by Gasteiger charge is -2.30. The van der Waals surface area contributed by atoms with Gasteiger partial charge in [-0.2, -0.15) is 9.97 Å². The highest BCUT2D eigenvalue weighted by molar-refractivity contribution is 6.32. The third kappa shape index (κ3) is 3.42. The van der Waals surface area contributed by atoms with Gasteiger partial charge in [-0.25, -0.2) is 9.97 Å². The summed E-state index contributed by atoms with van der Waals surface area (Å²) in [5.41, 5.74) is 1.32. The monoisotopic (exact) mass is 404 g/mol. The van der Waals surface area contributed by atoms with Crippen LogP contribution in [0.2, 0.25) is 5.15 Å². The first kappa shape index (κ1) is 18.1. The van der Waals surface area contributed by atoms with E-state index in [1.807, 2.05) is 0 Å². The van der Waals surface area contributed by atoms with Gasteiger partial charge in [0.1, 0.15) is 0 Å². The number of rotatable bonds is 3. The van der Waals surface area contributed by atoms with Crippen molar-refractivity contribution in [3.8, 4) is 0 Å². The number of ether oxygens (including phenoxy) is 1. The van der Waals surface area contributed by atoms with E-state index in [4.69, 9.17) is 36.3 Å². The first-order valence-corrected chi connectivity index (χ1v) is 10.5. The second-order valence-corrected chi connectivity index (χ2v) is 7.75. The van der Waals surface area contributed by atoms with Crippen molar-refractivity contribution in [1.82, 2.24) is 25.3 Å². The highest BCUT2D eigenvalue weighted by atomic mass is 35.5. The lowest BCUT2D eigenvalue weighted by Crippen LogP contribution is -2.44. The minimum absolute atomic E-state index is 0.411. The lowest BCUT2D eigenvalue weighted by atomic mass is 10.3. The van der Waals surface area contributed by atoms with E-state index in [1.54, 1.807) is 0 Å². The van der Waals surface area contributed by atoms with Crippen LogP contribution in [-0.2, 0) is 4.74 Å². The molecule has 0 atom stereocenters. The number of aromatic nitrogens is 4. The summed E-state index contributed by atoms with van der Waals surface area (Å²) in [5.74, 6) is 2.29. The van der Waals surface area contributed by atoms with Crippen molar-refractivity contribution < 1.29 is 4.74 Å². The Balaban J connectivity index is 1.61. The van der Waals surface area contributed by atoms with Gasteiger partial charge in [-0.15, -0.1) is 0 Å². The van der Waals surface area contributed by atoms with Crippen molar-refractivity contribution in [1.29, 1.82) is 0 Å². The van der Waals surface area contributed by atoms with Crippen LogP contribution in [0, 0.1) is 0 Å². The minimum Gasteiger partial charge on any atom is -0.378 e. The lowest BCUT2D eigenvalue weighted by molar-refractivity contribution is 0.122. The summed E-state index contributed by atoms with van der Waals surface area (Å²) in [4.78, 5) is 25.9. The maximum Gasteiger partial charge on any atom is 0.229 e. The van der Waals surface area contributed by atoms with Crippen molar-refractivity contribution in [3.05, 3.63) is 5.15 Å². The third-order valence-corrected chi connectivity index (χ3v) is 5.81. The smallest absolute Gasteiger partial charge is 0.229 e. The molecule has 28 heavy (non-hydrogen) atoms. The van der Waals surface area contributed by atoms with Crippen molar-refractivity contribution >= 4 is 40.3 Å². The Bertz CT molecular complexity index is 847. The van der Waals surface area contributed by atoms with Crippen molar-refractivity contribution in [2.24, 2.45) is 0 Å². The molecule has 3 aliphatic heterocycles. The Morgan fingerprint density at radius 3 is 2.21 bits per heavy atom. The summed E-state index contributed by atoms with van der Waals surface area (Å²) in [6.07, 6.45) is 2.34. The highest BCUT2D eigenvalue weighted by Gasteiger charge is 2.25. The number of hydrogen-bond acceptors (Lipinski definition) is 9. The number of piperazine rings is 1. The van der Waals surface area contributed by atoms with Crippen molar-refractivity contribution in [3.63, 3.8) is 0 Å². The van der Waals surface area contributed by atoms with Crippen LogP contribution < -0.4 is 20.0 Å². The number of halogens is 1. The molecular formula is C18H25ClN8O. The molecule has 2 aromatic heterocycles. The summed E-state index contributed by atoms with van der Waals surface area (Å²) >= 11 is 6.55. The molecule has 9 nitrogen and oxygen atoms in total. The van der Waals surface area contributed by atoms with Crippen molar-refractivity contribution in [2.45, 2.75) is 12.8 Å². The van der Waals surface area contributed by atoms with Gasteiger partial charge >= 0.3 is 0 Å². The number of morpholine rings is 1. The maximum atomic E-state index is 6.55. The van der Waals surface area contributed by atoms with Gasteiger partial charge in [0.25, 0.3) is 0 Å². The minimum atomic E-state index is 0.411. The molecule has 2 aromatic rings. The van der Waals surface area contributed by atoms with Crippen LogP contribution in [0.5, 0.6) is 0 Å². The molecular weight excluding hydrogens is 380 g/mol. The van der Waals surface area contributed by atoms with E-state index in [2.05, 4.69) is 20.0 Å². The van der Waals surface area contributed by atoms with Gasteiger partial charge < -0.3 is 24.8 Å². The van der Waals surface area contributed by atoms with E-state index >= 15 is 0 Å². The molecule has 3 aliphatic rings. The van der Waals surface area contributed by atoms with E-state index in [9.17, 15) is 0 Å². The van der Waals surface area contributed by atoms with Gasteiger partial charge in [0.05, 0.1) is 13.2 Å². The molecule has 150 valence electrons. The van der Waals surface area contributed by atoms with Crippen molar-refractivity contribution in [2.75, 3.05) is 80.3 Å². The van der Waals surface area contributed by atoms with E-state index in [0.717, 1.165) is 64.1 Å². The molecule has 0 saturated carbocycles. The molecule has 5 rings (SSSR count). The molecule has 0 radical (unpaired) electrons. The number of anilines is 3. The average Bonchev–Trinajstić information content (AvgIpc) is 3.29. The van der Waals surface area contributed by atoms with E-state index in [1.165, 1.54) is 12.8 Å². The number of fused-ring (bicyclic) bond motifs is 1. The number of nitrogens with one attached hydrogen (secondary N) is 1. The summed E-state index contributed by atoms with van der Waals surface area (Å²) in [6.45, 7) is 8.48. The molecule has 10 heteroatoms. The van der Waals surface area contributed by atoms with Crippen LogP contribution in [0.25, 0.3) is 11.2 Å². The SMILES string of the molecule is Clc1nc2c(N3CCCC3)nc(N3CCNCC3)nc2nc1N1CCOCC1. The topological polar surface area (TPSA) is 82.5 Å². The third-order valence-electron chi connectivity index (χ3n) is 5.56. The van der Waals surface area contributed by atoms with Gasteiger partial charge in [0.2, 0.25) is 5.95 Å². The second-order valence-electron chi connectivity index (χ2n) is 7.39. The van der Waals surface area contributed by atoms with Gasteiger partial charge in [0, 0.05) is 52.4 Å². The molecule has 0 bridgehead atoms. The summed E-state index contributed by atoms with van der Waals surface area (Å²) < 4.78 is 5.46. The summed E-state index contributed by atoms with van der Waals surface area (Å²) in [7, 11) is 0. The normalized spacial score (nSPS) is 21.0. The largest absolute Gasteiger partial charge is 0.378 e. The van der Waals surface area contributed by atoms with Crippen LogP contribution in [0.4, 0.5) is 17.6 Å². The standard InChI is InChI=1S/C18H25ClN8O/c19-14-17(26-9-11-28-12-10-26)22-15-13(21-14)16(25-5-1-2-6-25)24-18(23-15)27-7-3-20-4-8-27/h20H,1-12H2. The Kier molecular flexibility index (Phi) is 5.04. The summed E-state index contributed by atoms with van der Waals surface area (Å²) in [6, 6.07) is 0. The molecule has 0 unspecified atom stereocenters. The highest BCUT2D eigenvalue weighted by Crippen LogP contribution is 2.31. The fourth-order valence-corrected chi connectivity index (χ4v) is 4.27. The molecule has 0 spiro atoms. The van der Waals surface area contributed by atoms with Crippen LogP contribution in [0.15, 0.2) is 0 Å². The first-order chi connectivity index (χ1) is 13.8. The number of nitrogens with zero attached hydrogens (tertiary/aromatic N) is 7. The van der Waals surface area contributed by atoms with E-state index in [0.29, 0.717) is 35.3 Å². The fourth-order valence-electron chi connectivity index (χ4n) is 4.02. The van der Waals surface area contributed by atoms with Crippen LogP contribution in [-0.4, -0.2) is 85.5 Å². The van der Waals surface area contributed by atoms with Gasteiger partial charge in [-0.1, -0.05) is 11.6 Å². The Morgan fingerprint density at radius 1 is 0.750 bits per heavy atom. The Hall–Kier alpha value is -1.97.